The van der Waals surface area contributed by atoms with E-state index in [1.807, 2.05) is 13.0 Å². The maximum atomic E-state index is 12.8. The van der Waals surface area contributed by atoms with E-state index in [4.69, 9.17) is 4.74 Å². The number of benzene rings is 1. The Morgan fingerprint density at radius 1 is 1.22 bits per heavy atom. The van der Waals surface area contributed by atoms with E-state index in [0.717, 1.165) is 23.6 Å². The highest BCUT2D eigenvalue weighted by Gasteiger charge is 2.30. The topological polar surface area (TPSA) is 67.3 Å². The number of hydrogen-bond donors (Lipinski definition) is 1. The van der Waals surface area contributed by atoms with Gasteiger partial charge in [0.1, 0.15) is 11.6 Å². The van der Waals surface area contributed by atoms with E-state index in [1.54, 1.807) is 0 Å². The van der Waals surface area contributed by atoms with Crippen molar-refractivity contribution in [3.63, 3.8) is 0 Å². The van der Waals surface area contributed by atoms with Crippen LogP contribution in [-0.2, 0) is 17.5 Å². The molecule has 0 bridgehead atoms. The van der Waals surface area contributed by atoms with Gasteiger partial charge in [0.15, 0.2) is 0 Å². The third-order valence-electron chi connectivity index (χ3n) is 4.08. The van der Waals surface area contributed by atoms with Crippen LogP contribution in [0.15, 0.2) is 30.3 Å². The number of carbonyl (C=O) groups excluding carboxylic acids is 1. The molecule has 3 rings (SSSR count). The number of amides is 1. The van der Waals surface area contributed by atoms with Gasteiger partial charge < -0.3 is 15.0 Å². The van der Waals surface area contributed by atoms with Crippen molar-refractivity contribution < 1.29 is 22.7 Å². The zero-order valence-corrected chi connectivity index (χ0v) is 14.7. The number of halogens is 3. The molecular weight excluding hydrogens is 361 g/mol. The van der Waals surface area contributed by atoms with Crippen LogP contribution in [0.5, 0.6) is 0 Å². The fraction of sp³-hybridized carbons (Fsp3) is 0.389. The fourth-order valence-corrected chi connectivity index (χ4v) is 2.74. The van der Waals surface area contributed by atoms with Crippen molar-refractivity contribution in [3.05, 3.63) is 53.0 Å². The number of nitrogens with one attached hydrogen (secondary N) is 1. The van der Waals surface area contributed by atoms with Crippen molar-refractivity contribution in [1.82, 2.24) is 15.3 Å². The van der Waals surface area contributed by atoms with Gasteiger partial charge in [-0.05, 0) is 25.1 Å². The first-order valence-electron chi connectivity index (χ1n) is 8.45. The first kappa shape index (κ1) is 19.1. The Bertz CT molecular complexity index is 820. The van der Waals surface area contributed by atoms with Crippen molar-refractivity contribution in [1.29, 1.82) is 0 Å². The van der Waals surface area contributed by atoms with Gasteiger partial charge in [0.25, 0.3) is 5.91 Å². The molecule has 1 amide bonds. The first-order chi connectivity index (χ1) is 12.8. The SMILES string of the molecule is Cc1cc(N2CCOCC2)nc(CNC(=O)c2cccc(C(F)(F)F)c2)n1. The normalized spacial score (nSPS) is 14.9. The van der Waals surface area contributed by atoms with Gasteiger partial charge in [0.2, 0.25) is 0 Å². The van der Waals surface area contributed by atoms with E-state index in [-0.39, 0.29) is 12.1 Å². The number of alkyl halides is 3. The van der Waals surface area contributed by atoms with Crippen LogP contribution >= 0.6 is 0 Å². The summed E-state index contributed by atoms with van der Waals surface area (Å²) in [6.45, 7) is 4.51. The Labute approximate surface area is 154 Å². The van der Waals surface area contributed by atoms with E-state index in [1.165, 1.54) is 12.1 Å². The zero-order chi connectivity index (χ0) is 19.4. The van der Waals surface area contributed by atoms with Gasteiger partial charge in [-0.3, -0.25) is 4.79 Å². The quantitative estimate of drug-likeness (QED) is 0.883. The molecule has 2 heterocycles. The molecule has 0 atom stereocenters. The molecule has 27 heavy (non-hydrogen) atoms. The zero-order valence-electron chi connectivity index (χ0n) is 14.7. The Balaban J connectivity index is 1.69. The standard InChI is InChI=1S/C18H19F3N4O2/c1-12-9-16(25-5-7-27-8-6-25)24-15(23-12)11-22-17(26)13-3-2-4-14(10-13)18(19,20)21/h2-4,9-10H,5-8,11H2,1H3,(H,22,26). The highest BCUT2D eigenvalue weighted by molar-refractivity contribution is 5.94. The van der Waals surface area contributed by atoms with E-state index in [0.29, 0.717) is 32.1 Å². The van der Waals surface area contributed by atoms with Crippen molar-refractivity contribution in [2.75, 3.05) is 31.2 Å². The molecule has 1 aromatic heterocycles. The van der Waals surface area contributed by atoms with E-state index >= 15 is 0 Å². The Kier molecular flexibility index (Phi) is 5.59. The Morgan fingerprint density at radius 2 is 1.96 bits per heavy atom. The van der Waals surface area contributed by atoms with Crippen LogP contribution in [-0.4, -0.2) is 42.2 Å². The molecule has 6 nitrogen and oxygen atoms in total. The number of carbonyl (C=O) groups is 1. The van der Waals surface area contributed by atoms with Crippen molar-refractivity contribution >= 4 is 11.7 Å². The minimum absolute atomic E-state index is 0.0219. The van der Waals surface area contributed by atoms with Crippen LogP contribution in [0.3, 0.4) is 0 Å². The average molecular weight is 380 g/mol. The molecule has 1 aromatic carbocycles. The molecule has 0 unspecified atom stereocenters. The lowest BCUT2D eigenvalue weighted by Gasteiger charge is -2.28. The van der Waals surface area contributed by atoms with Crippen LogP contribution in [0.2, 0.25) is 0 Å². The smallest absolute Gasteiger partial charge is 0.378 e. The van der Waals surface area contributed by atoms with Crippen LogP contribution in [0, 0.1) is 6.92 Å². The summed E-state index contributed by atoms with van der Waals surface area (Å²) in [5.74, 6) is 0.532. The van der Waals surface area contributed by atoms with Gasteiger partial charge in [-0.2, -0.15) is 13.2 Å². The van der Waals surface area contributed by atoms with Crippen LogP contribution in [0.25, 0.3) is 0 Å². The monoisotopic (exact) mass is 380 g/mol. The molecule has 1 aliphatic rings. The molecule has 0 spiro atoms. The molecule has 0 aliphatic carbocycles. The number of hydrogen-bond acceptors (Lipinski definition) is 5. The summed E-state index contributed by atoms with van der Waals surface area (Å²) in [5.41, 5.74) is -0.183. The number of ether oxygens (including phenoxy) is 1. The number of anilines is 1. The van der Waals surface area contributed by atoms with Crippen LogP contribution in [0.4, 0.5) is 19.0 Å². The molecule has 0 radical (unpaired) electrons. The number of aryl methyl sites for hydroxylation is 1. The third kappa shape index (κ3) is 4.94. The van der Waals surface area contributed by atoms with Crippen molar-refractivity contribution in [2.24, 2.45) is 0 Å². The minimum atomic E-state index is -4.50. The predicted octanol–water partition coefficient (Wildman–Crippen LogP) is 2.57. The largest absolute Gasteiger partial charge is 0.416 e. The van der Waals surface area contributed by atoms with Gasteiger partial charge in [-0.15, -0.1) is 0 Å². The average Bonchev–Trinajstić information content (AvgIpc) is 2.66. The Hall–Kier alpha value is -2.68. The second kappa shape index (κ2) is 7.91. The van der Waals surface area contributed by atoms with Crippen molar-refractivity contribution in [2.45, 2.75) is 19.6 Å². The lowest BCUT2D eigenvalue weighted by atomic mass is 10.1. The number of rotatable bonds is 4. The second-order valence-corrected chi connectivity index (χ2v) is 6.14. The van der Waals surface area contributed by atoms with Crippen molar-refractivity contribution in [3.8, 4) is 0 Å². The third-order valence-corrected chi connectivity index (χ3v) is 4.08. The predicted molar refractivity (Wildman–Crippen MR) is 92.4 cm³/mol. The number of aromatic nitrogens is 2. The molecule has 2 aromatic rings. The first-order valence-corrected chi connectivity index (χ1v) is 8.45. The molecule has 1 N–H and O–H groups in total. The Morgan fingerprint density at radius 3 is 2.67 bits per heavy atom. The molecule has 144 valence electrons. The van der Waals surface area contributed by atoms with E-state index in [9.17, 15) is 18.0 Å². The number of morpholine rings is 1. The van der Waals surface area contributed by atoms with Gasteiger partial charge in [-0.1, -0.05) is 6.07 Å². The summed E-state index contributed by atoms with van der Waals surface area (Å²) < 4.78 is 43.7. The van der Waals surface area contributed by atoms with Gasteiger partial charge >= 0.3 is 6.18 Å². The van der Waals surface area contributed by atoms with Crippen LogP contribution < -0.4 is 10.2 Å². The maximum Gasteiger partial charge on any atom is 0.416 e. The molecule has 1 saturated heterocycles. The van der Waals surface area contributed by atoms with E-state index < -0.39 is 17.6 Å². The van der Waals surface area contributed by atoms with Gasteiger partial charge in [0.05, 0.1) is 25.3 Å². The molecule has 9 heteroatoms. The van der Waals surface area contributed by atoms with E-state index in [2.05, 4.69) is 20.2 Å². The summed E-state index contributed by atoms with van der Waals surface area (Å²) in [5, 5.41) is 2.58. The summed E-state index contributed by atoms with van der Waals surface area (Å²) in [6, 6.07) is 6.14. The molecule has 1 fully saturated rings. The molecule has 0 saturated carbocycles. The van der Waals surface area contributed by atoms with Crippen LogP contribution in [0.1, 0.15) is 27.4 Å². The summed E-state index contributed by atoms with van der Waals surface area (Å²) in [4.78, 5) is 23.0. The minimum Gasteiger partial charge on any atom is -0.378 e. The lowest BCUT2D eigenvalue weighted by molar-refractivity contribution is -0.137. The second-order valence-electron chi connectivity index (χ2n) is 6.14. The summed E-state index contributed by atoms with van der Waals surface area (Å²) in [6.07, 6.45) is -4.50. The molecular formula is C18H19F3N4O2. The maximum absolute atomic E-state index is 12.8. The highest BCUT2D eigenvalue weighted by atomic mass is 19.4. The van der Waals surface area contributed by atoms with Gasteiger partial charge in [0, 0.05) is 30.4 Å². The molecule has 1 aliphatic heterocycles. The summed E-state index contributed by atoms with van der Waals surface area (Å²) in [7, 11) is 0. The highest BCUT2D eigenvalue weighted by Crippen LogP contribution is 2.29. The van der Waals surface area contributed by atoms with Gasteiger partial charge in [-0.25, -0.2) is 9.97 Å². The fourth-order valence-electron chi connectivity index (χ4n) is 2.74. The lowest BCUT2D eigenvalue weighted by Crippen LogP contribution is -2.37. The summed E-state index contributed by atoms with van der Waals surface area (Å²) >= 11 is 0. The number of nitrogens with zero attached hydrogens (tertiary/aromatic N) is 3.